The number of amides is 1. The Balaban J connectivity index is 1.56. The molecule has 2 aromatic rings. The van der Waals surface area contributed by atoms with E-state index >= 15 is 0 Å². The average molecular weight is 437 g/mol. The van der Waals surface area contributed by atoms with Crippen LogP contribution >= 0.6 is 0 Å². The van der Waals surface area contributed by atoms with Gasteiger partial charge >= 0.3 is 0 Å². The van der Waals surface area contributed by atoms with Crippen LogP contribution in [0.1, 0.15) is 55.7 Å². The van der Waals surface area contributed by atoms with Crippen LogP contribution < -0.4 is 15.4 Å². The van der Waals surface area contributed by atoms with E-state index < -0.39 is 0 Å². The van der Waals surface area contributed by atoms with Crippen molar-refractivity contribution in [3.63, 3.8) is 0 Å². The molecule has 6 nitrogen and oxygen atoms in total. The van der Waals surface area contributed by atoms with Crippen LogP contribution in [0.15, 0.2) is 53.5 Å². The number of hydrogen-bond donors (Lipinski definition) is 2. The van der Waals surface area contributed by atoms with Gasteiger partial charge in [0, 0.05) is 32.6 Å². The second kappa shape index (κ2) is 12.1. The molecule has 1 amide bonds. The van der Waals surface area contributed by atoms with Gasteiger partial charge in [-0.15, -0.1) is 0 Å². The van der Waals surface area contributed by atoms with Crippen LogP contribution in [-0.4, -0.2) is 43.5 Å². The first-order valence-corrected chi connectivity index (χ1v) is 11.6. The predicted molar refractivity (Wildman–Crippen MR) is 130 cm³/mol. The largest absolute Gasteiger partial charge is 0.497 e. The van der Waals surface area contributed by atoms with E-state index in [1.807, 2.05) is 29.2 Å². The minimum absolute atomic E-state index is 0.254. The molecule has 2 aromatic carbocycles. The average Bonchev–Trinajstić information content (AvgIpc) is 3.22. The van der Waals surface area contributed by atoms with Gasteiger partial charge in [0.05, 0.1) is 13.7 Å². The second-order valence-electron chi connectivity index (χ2n) is 8.27. The van der Waals surface area contributed by atoms with E-state index in [1.165, 1.54) is 11.1 Å². The number of rotatable bonds is 10. The Morgan fingerprint density at radius 2 is 1.88 bits per heavy atom. The van der Waals surface area contributed by atoms with Crippen molar-refractivity contribution in [2.45, 2.75) is 52.1 Å². The van der Waals surface area contributed by atoms with Gasteiger partial charge in [-0.05, 0) is 54.5 Å². The van der Waals surface area contributed by atoms with Crippen LogP contribution in [0.2, 0.25) is 0 Å². The highest BCUT2D eigenvalue weighted by molar-refractivity contribution is 5.79. The summed E-state index contributed by atoms with van der Waals surface area (Å²) in [5, 5.41) is 6.80. The Bertz CT molecular complexity index is 895. The minimum Gasteiger partial charge on any atom is -0.497 e. The molecule has 1 aliphatic rings. The number of nitrogens with zero attached hydrogens (tertiary/aromatic N) is 2. The van der Waals surface area contributed by atoms with Crippen molar-refractivity contribution in [1.29, 1.82) is 0 Å². The fourth-order valence-corrected chi connectivity index (χ4v) is 3.95. The Hall–Kier alpha value is -3.02. The minimum atomic E-state index is 0.254. The summed E-state index contributed by atoms with van der Waals surface area (Å²) in [5.74, 6) is 2.40. The summed E-state index contributed by atoms with van der Waals surface area (Å²) in [6.07, 6.45) is 2.64. The standard InChI is InChI=1S/C26H36N4O2/c1-4-27-26(28-16-15-20(2)21-11-13-24(32-3)14-12-21)29-18-22-8-5-6-9-23(22)19-30-17-7-10-25(30)31/h5-6,8-9,11-14,20H,4,7,10,15-19H2,1-3H3,(H2,27,28,29). The maximum Gasteiger partial charge on any atom is 0.222 e. The van der Waals surface area contributed by atoms with Crippen LogP contribution in [0, 0.1) is 0 Å². The van der Waals surface area contributed by atoms with Crippen LogP contribution in [0.5, 0.6) is 5.75 Å². The summed E-state index contributed by atoms with van der Waals surface area (Å²) in [4.78, 5) is 18.8. The van der Waals surface area contributed by atoms with E-state index in [4.69, 9.17) is 9.73 Å². The van der Waals surface area contributed by atoms with Gasteiger partial charge in [-0.25, -0.2) is 4.99 Å². The molecule has 6 heteroatoms. The van der Waals surface area contributed by atoms with Crippen molar-refractivity contribution in [2.24, 2.45) is 4.99 Å². The first-order valence-electron chi connectivity index (χ1n) is 11.6. The zero-order valence-electron chi connectivity index (χ0n) is 19.6. The molecule has 172 valence electrons. The summed E-state index contributed by atoms with van der Waals surface area (Å²) >= 11 is 0. The van der Waals surface area contributed by atoms with Gasteiger partial charge in [0.25, 0.3) is 0 Å². The third-order valence-electron chi connectivity index (χ3n) is 5.96. The zero-order chi connectivity index (χ0) is 22.8. The molecule has 1 aliphatic heterocycles. The molecule has 32 heavy (non-hydrogen) atoms. The quantitative estimate of drug-likeness (QED) is 0.435. The lowest BCUT2D eigenvalue weighted by Gasteiger charge is -2.18. The van der Waals surface area contributed by atoms with Gasteiger partial charge in [-0.3, -0.25) is 4.79 Å². The van der Waals surface area contributed by atoms with Crippen molar-refractivity contribution < 1.29 is 9.53 Å². The molecule has 1 unspecified atom stereocenters. The molecule has 2 N–H and O–H groups in total. The number of likely N-dealkylation sites (tertiary alicyclic amines) is 1. The second-order valence-corrected chi connectivity index (χ2v) is 8.27. The van der Waals surface area contributed by atoms with Crippen LogP contribution in [0.25, 0.3) is 0 Å². The highest BCUT2D eigenvalue weighted by Gasteiger charge is 2.20. The van der Waals surface area contributed by atoms with Gasteiger partial charge in [0.15, 0.2) is 5.96 Å². The van der Waals surface area contributed by atoms with Gasteiger partial charge in [0.2, 0.25) is 5.91 Å². The van der Waals surface area contributed by atoms with Gasteiger partial charge in [0.1, 0.15) is 5.75 Å². The maximum absolute atomic E-state index is 12.0. The van der Waals surface area contributed by atoms with E-state index in [0.29, 0.717) is 25.4 Å². The van der Waals surface area contributed by atoms with E-state index in [1.54, 1.807) is 7.11 Å². The Labute approximate surface area is 192 Å². The number of hydrogen-bond acceptors (Lipinski definition) is 3. The number of aliphatic imine (C=N–C) groups is 1. The number of carbonyl (C=O) groups is 1. The molecule has 0 saturated carbocycles. The molecule has 0 radical (unpaired) electrons. The number of nitrogens with one attached hydrogen (secondary N) is 2. The van der Waals surface area contributed by atoms with E-state index in [9.17, 15) is 4.79 Å². The lowest BCUT2D eigenvalue weighted by atomic mass is 9.98. The summed E-state index contributed by atoms with van der Waals surface area (Å²) in [6, 6.07) is 16.6. The van der Waals surface area contributed by atoms with Gasteiger partial charge in [-0.1, -0.05) is 43.3 Å². The summed E-state index contributed by atoms with van der Waals surface area (Å²) in [7, 11) is 1.69. The van der Waals surface area contributed by atoms with Crippen molar-refractivity contribution in [2.75, 3.05) is 26.7 Å². The van der Waals surface area contributed by atoms with E-state index in [-0.39, 0.29) is 5.91 Å². The lowest BCUT2D eigenvalue weighted by molar-refractivity contribution is -0.128. The molecule has 3 rings (SSSR count). The third kappa shape index (κ3) is 6.74. The Morgan fingerprint density at radius 3 is 2.53 bits per heavy atom. The van der Waals surface area contributed by atoms with Crippen molar-refractivity contribution in [3.05, 3.63) is 65.2 Å². The SMILES string of the molecule is CCNC(=NCc1ccccc1CN1CCCC1=O)NCCC(C)c1ccc(OC)cc1. The van der Waals surface area contributed by atoms with E-state index in [2.05, 4.69) is 48.7 Å². The first-order chi connectivity index (χ1) is 15.6. The fourth-order valence-electron chi connectivity index (χ4n) is 3.95. The molecular formula is C26H36N4O2. The number of carbonyl (C=O) groups excluding carboxylic acids is 1. The monoisotopic (exact) mass is 436 g/mol. The fraction of sp³-hybridized carbons (Fsp3) is 0.462. The summed E-state index contributed by atoms with van der Waals surface area (Å²) in [5.41, 5.74) is 3.64. The molecule has 0 aromatic heterocycles. The van der Waals surface area contributed by atoms with Crippen molar-refractivity contribution in [1.82, 2.24) is 15.5 Å². The van der Waals surface area contributed by atoms with Gasteiger partial charge in [-0.2, -0.15) is 0 Å². The third-order valence-corrected chi connectivity index (χ3v) is 5.96. The van der Waals surface area contributed by atoms with Crippen LogP contribution in [0.4, 0.5) is 0 Å². The van der Waals surface area contributed by atoms with Gasteiger partial charge < -0.3 is 20.3 Å². The number of guanidine groups is 1. The van der Waals surface area contributed by atoms with Crippen LogP contribution in [0.3, 0.4) is 0 Å². The molecule has 1 fully saturated rings. The molecule has 0 spiro atoms. The summed E-state index contributed by atoms with van der Waals surface area (Å²) in [6.45, 7) is 8.07. The van der Waals surface area contributed by atoms with Crippen molar-refractivity contribution in [3.8, 4) is 5.75 Å². The lowest BCUT2D eigenvalue weighted by Crippen LogP contribution is -2.38. The smallest absolute Gasteiger partial charge is 0.222 e. The number of benzene rings is 2. The first kappa shape index (κ1) is 23.6. The van der Waals surface area contributed by atoms with E-state index in [0.717, 1.165) is 49.7 Å². The molecule has 1 saturated heterocycles. The zero-order valence-corrected chi connectivity index (χ0v) is 19.6. The van der Waals surface area contributed by atoms with Crippen molar-refractivity contribution >= 4 is 11.9 Å². The molecule has 0 aliphatic carbocycles. The normalized spacial score (nSPS) is 15.0. The molecule has 1 heterocycles. The highest BCUT2D eigenvalue weighted by Crippen LogP contribution is 2.21. The predicted octanol–water partition coefficient (Wildman–Crippen LogP) is 4.07. The maximum atomic E-state index is 12.0. The summed E-state index contributed by atoms with van der Waals surface area (Å²) < 4.78 is 5.25. The Kier molecular flexibility index (Phi) is 8.96. The molecular weight excluding hydrogens is 400 g/mol. The number of methoxy groups -OCH3 is 1. The topological polar surface area (TPSA) is 66.0 Å². The number of ether oxygens (including phenoxy) is 1. The molecule has 1 atom stereocenters. The highest BCUT2D eigenvalue weighted by atomic mass is 16.5. The Morgan fingerprint density at radius 1 is 1.12 bits per heavy atom. The van der Waals surface area contributed by atoms with Crippen LogP contribution in [-0.2, 0) is 17.9 Å². The molecule has 0 bridgehead atoms.